The molecule has 2 bridgehead atoms. The molecule has 2 nitrogen and oxygen atoms in total. The van der Waals surface area contributed by atoms with Crippen LogP contribution in [0.3, 0.4) is 0 Å². The minimum absolute atomic E-state index is 0.775. The Morgan fingerprint density at radius 1 is 1.38 bits per heavy atom. The van der Waals surface area contributed by atoms with Gasteiger partial charge in [-0.2, -0.15) is 0 Å². The van der Waals surface area contributed by atoms with Crippen molar-refractivity contribution in [3.8, 4) is 0 Å². The van der Waals surface area contributed by atoms with Crippen molar-refractivity contribution in [3.63, 3.8) is 0 Å². The average molecular weight is 182 g/mol. The summed E-state index contributed by atoms with van der Waals surface area (Å²) in [5, 5.41) is 0. The van der Waals surface area contributed by atoms with Crippen molar-refractivity contribution >= 4 is 0 Å². The van der Waals surface area contributed by atoms with Crippen LogP contribution in [0, 0.1) is 5.92 Å². The maximum Gasteiger partial charge on any atom is 0.0379 e. The van der Waals surface area contributed by atoms with Crippen molar-refractivity contribution in [1.29, 1.82) is 0 Å². The van der Waals surface area contributed by atoms with Crippen LogP contribution < -0.4 is 5.73 Å². The lowest BCUT2D eigenvalue weighted by molar-refractivity contribution is 0.187. The fourth-order valence-corrected chi connectivity index (χ4v) is 2.18. The lowest BCUT2D eigenvalue weighted by Crippen LogP contribution is -2.43. The first-order valence-electron chi connectivity index (χ1n) is 5.45. The van der Waals surface area contributed by atoms with Gasteiger partial charge in [0.25, 0.3) is 0 Å². The summed E-state index contributed by atoms with van der Waals surface area (Å²) < 4.78 is 0. The zero-order chi connectivity index (χ0) is 9.84. The Morgan fingerprint density at radius 3 is 2.77 bits per heavy atom. The Morgan fingerprint density at radius 2 is 2.08 bits per heavy atom. The quantitative estimate of drug-likeness (QED) is 0.620. The third-order valence-electron chi connectivity index (χ3n) is 3.02. The van der Waals surface area contributed by atoms with E-state index in [2.05, 4.69) is 11.8 Å². The van der Waals surface area contributed by atoms with E-state index in [1.54, 1.807) is 0 Å². The van der Waals surface area contributed by atoms with Gasteiger partial charge in [0.15, 0.2) is 0 Å². The second-order valence-corrected chi connectivity index (χ2v) is 3.78. The monoisotopic (exact) mass is 182 g/mol. The summed E-state index contributed by atoms with van der Waals surface area (Å²) in [5.41, 5.74) is 8.49. The number of rotatable bonds is 0. The number of fused-ring (bicyclic) bond motifs is 2. The number of nitrogens with two attached hydrogens (primary N) is 1. The van der Waals surface area contributed by atoms with E-state index in [-0.39, 0.29) is 0 Å². The highest BCUT2D eigenvalue weighted by atomic mass is 15.1. The Hall–Kier alpha value is -0.500. The molecule has 0 saturated carbocycles. The van der Waals surface area contributed by atoms with E-state index in [0.29, 0.717) is 0 Å². The summed E-state index contributed by atoms with van der Waals surface area (Å²) in [5.74, 6) is 0.775. The fourth-order valence-electron chi connectivity index (χ4n) is 2.18. The third-order valence-corrected chi connectivity index (χ3v) is 3.02. The SMILES string of the molecule is CC.CC1=C(N)CN2CCCC1C2. The molecule has 0 radical (unpaired) electrons. The largest absolute Gasteiger partial charge is 0.401 e. The van der Waals surface area contributed by atoms with Crippen LogP contribution in [-0.2, 0) is 0 Å². The zero-order valence-electron chi connectivity index (χ0n) is 9.14. The Kier molecular flexibility index (Phi) is 3.79. The van der Waals surface area contributed by atoms with Crippen molar-refractivity contribution in [2.75, 3.05) is 19.6 Å². The van der Waals surface area contributed by atoms with E-state index >= 15 is 0 Å². The van der Waals surface area contributed by atoms with Crippen LogP contribution in [0.2, 0.25) is 0 Å². The molecule has 0 aromatic heterocycles. The van der Waals surface area contributed by atoms with Gasteiger partial charge in [0.1, 0.15) is 0 Å². The van der Waals surface area contributed by atoms with E-state index in [0.717, 1.165) is 18.2 Å². The fraction of sp³-hybridized carbons (Fsp3) is 0.818. The first-order valence-corrected chi connectivity index (χ1v) is 5.45. The first-order chi connectivity index (χ1) is 6.27. The molecule has 0 aromatic rings. The molecule has 0 amide bonds. The molecule has 2 rings (SSSR count). The summed E-state index contributed by atoms with van der Waals surface area (Å²) in [6.07, 6.45) is 2.71. The molecule has 0 aromatic carbocycles. The topological polar surface area (TPSA) is 29.3 Å². The molecule has 1 fully saturated rings. The van der Waals surface area contributed by atoms with Gasteiger partial charge in [-0.25, -0.2) is 0 Å². The third kappa shape index (κ3) is 2.25. The predicted molar refractivity (Wildman–Crippen MR) is 57.4 cm³/mol. The average Bonchev–Trinajstić information content (AvgIpc) is 2.18. The Balaban J connectivity index is 0.000000396. The molecule has 13 heavy (non-hydrogen) atoms. The molecule has 2 aliphatic heterocycles. The van der Waals surface area contributed by atoms with Crippen LogP contribution in [0.25, 0.3) is 0 Å². The number of nitrogens with zero attached hydrogens (tertiary/aromatic N) is 1. The summed E-state index contributed by atoms with van der Waals surface area (Å²) in [6, 6.07) is 0. The first kappa shape index (κ1) is 10.6. The smallest absolute Gasteiger partial charge is 0.0379 e. The van der Waals surface area contributed by atoms with Crippen LogP contribution in [0.5, 0.6) is 0 Å². The normalized spacial score (nSPS) is 32.2. The van der Waals surface area contributed by atoms with Crippen LogP contribution in [0.15, 0.2) is 11.3 Å². The van der Waals surface area contributed by atoms with Crippen LogP contribution in [0.1, 0.15) is 33.6 Å². The van der Waals surface area contributed by atoms with Gasteiger partial charge in [-0.3, -0.25) is 4.90 Å². The molecule has 0 spiro atoms. The van der Waals surface area contributed by atoms with Crippen molar-refractivity contribution < 1.29 is 0 Å². The van der Waals surface area contributed by atoms with Gasteiger partial charge in [-0.05, 0) is 37.8 Å². The van der Waals surface area contributed by atoms with Crippen molar-refractivity contribution in [3.05, 3.63) is 11.3 Å². The maximum absolute atomic E-state index is 5.91. The molecule has 76 valence electrons. The zero-order valence-corrected chi connectivity index (χ0v) is 9.14. The van der Waals surface area contributed by atoms with E-state index in [9.17, 15) is 0 Å². The molecule has 2 heterocycles. The van der Waals surface area contributed by atoms with Gasteiger partial charge in [0.2, 0.25) is 0 Å². The molecule has 2 heteroatoms. The molecule has 1 saturated heterocycles. The predicted octanol–water partition coefficient (Wildman–Crippen LogP) is 1.97. The van der Waals surface area contributed by atoms with Gasteiger partial charge in [0.05, 0.1) is 0 Å². The second-order valence-electron chi connectivity index (χ2n) is 3.78. The van der Waals surface area contributed by atoms with Gasteiger partial charge < -0.3 is 5.73 Å². The molecule has 2 aliphatic rings. The lowest BCUT2D eigenvalue weighted by Gasteiger charge is -2.38. The summed E-state index contributed by atoms with van der Waals surface area (Å²) in [6.45, 7) is 9.72. The van der Waals surface area contributed by atoms with Crippen LogP contribution in [-0.4, -0.2) is 24.5 Å². The minimum atomic E-state index is 0.775. The highest BCUT2D eigenvalue weighted by molar-refractivity contribution is 5.18. The summed E-state index contributed by atoms with van der Waals surface area (Å²) in [4.78, 5) is 2.47. The highest BCUT2D eigenvalue weighted by Gasteiger charge is 2.26. The minimum Gasteiger partial charge on any atom is -0.401 e. The number of hydrogen-bond acceptors (Lipinski definition) is 2. The maximum atomic E-state index is 5.91. The molecule has 2 N–H and O–H groups in total. The Labute approximate surface area is 81.8 Å². The van der Waals surface area contributed by atoms with E-state index in [1.165, 1.54) is 31.5 Å². The van der Waals surface area contributed by atoms with Gasteiger partial charge in [-0.1, -0.05) is 13.8 Å². The van der Waals surface area contributed by atoms with Gasteiger partial charge >= 0.3 is 0 Å². The van der Waals surface area contributed by atoms with Crippen LogP contribution >= 0.6 is 0 Å². The molecule has 2 unspecified atom stereocenters. The number of hydrogen-bond donors (Lipinski definition) is 1. The molecular formula is C11H22N2. The number of piperidine rings is 1. The van der Waals surface area contributed by atoms with Crippen molar-refractivity contribution in [1.82, 2.24) is 4.90 Å². The standard InChI is InChI=1S/C9H16N2.C2H6/c1-7-8-3-2-4-11(5-8)6-9(7)10;1-2/h8H,2-6,10H2,1H3;1-2H3. The molecular weight excluding hydrogens is 160 g/mol. The lowest BCUT2D eigenvalue weighted by atomic mass is 9.87. The van der Waals surface area contributed by atoms with Gasteiger partial charge in [-0.15, -0.1) is 0 Å². The summed E-state index contributed by atoms with van der Waals surface area (Å²) in [7, 11) is 0. The van der Waals surface area contributed by atoms with Crippen molar-refractivity contribution in [2.45, 2.75) is 33.6 Å². The van der Waals surface area contributed by atoms with Gasteiger partial charge in [0, 0.05) is 18.8 Å². The summed E-state index contributed by atoms with van der Waals surface area (Å²) >= 11 is 0. The van der Waals surface area contributed by atoms with E-state index in [4.69, 9.17) is 5.73 Å². The molecule has 0 aliphatic carbocycles. The van der Waals surface area contributed by atoms with E-state index in [1.807, 2.05) is 13.8 Å². The van der Waals surface area contributed by atoms with E-state index < -0.39 is 0 Å². The Bertz CT molecular complexity index is 196. The highest BCUT2D eigenvalue weighted by Crippen LogP contribution is 2.28. The molecule has 2 atom stereocenters. The second kappa shape index (κ2) is 4.66. The van der Waals surface area contributed by atoms with Crippen LogP contribution in [0.4, 0.5) is 0 Å². The van der Waals surface area contributed by atoms with Crippen molar-refractivity contribution in [2.24, 2.45) is 11.7 Å².